The molecule has 0 aliphatic rings. The molecule has 0 N–H and O–H groups in total. The molecule has 0 saturated carbocycles. The minimum Gasteiger partial charge on any atom is -0.497 e. The second kappa shape index (κ2) is 6.33. The van der Waals surface area contributed by atoms with Crippen molar-refractivity contribution in [2.75, 3.05) is 14.2 Å². The summed E-state index contributed by atoms with van der Waals surface area (Å²) in [6.45, 7) is 0. The van der Waals surface area contributed by atoms with Gasteiger partial charge in [-0.25, -0.2) is 4.98 Å². The molecule has 0 aliphatic carbocycles. The van der Waals surface area contributed by atoms with Crippen LogP contribution in [0.3, 0.4) is 0 Å². The highest BCUT2D eigenvalue weighted by molar-refractivity contribution is 7.84. The lowest BCUT2D eigenvalue weighted by molar-refractivity contribution is 0.397. The van der Waals surface area contributed by atoms with Crippen LogP contribution in [0.25, 0.3) is 0 Å². The highest BCUT2D eigenvalue weighted by atomic mass is 32.2. The van der Waals surface area contributed by atoms with Gasteiger partial charge in [0.15, 0.2) is 0 Å². The molecule has 0 saturated heterocycles. The van der Waals surface area contributed by atoms with Crippen molar-refractivity contribution in [3.05, 3.63) is 48.2 Å². The second-order valence-electron chi connectivity index (χ2n) is 3.84. The van der Waals surface area contributed by atoms with E-state index in [0.717, 1.165) is 10.6 Å². The van der Waals surface area contributed by atoms with Crippen LogP contribution in [0.15, 0.2) is 47.4 Å². The number of rotatable bonds is 5. The standard InChI is InChI=1S/C14H15NO3S/c1-17-12-6-4-7-13(9-12)19(16)10-11-5-3-8-14(15-11)18-2/h3-9H,10H2,1-2H3. The highest BCUT2D eigenvalue weighted by Gasteiger charge is 2.08. The quantitative estimate of drug-likeness (QED) is 0.842. The van der Waals surface area contributed by atoms with E-state index >= 15 is 0 Å². The Kier molecular flexibility index (Phi) is 4.52. The zero-order valence-corrected chi connectivity index (χ0v) is 11.6. The van der Waals surface area contributed by atoms with E-state index in [2.05, 4.69) is 4.98 Å². The summed E-state index contributed by atoms with van der Waals surface area (Å²) in [5.74, 6) is 1.58. The number of benzene rings is 1. The summed E-state index contributed by atoms with van der Waals surface area (Å²) in [5.41, 5.74) is 0.737. The summed E-state index contributed by atoms with van der Waals surface area (Å²) in [4.78, 5) is 4.98. The normalized spacial score (nSPS) is 11.9. The van der Waals surface area contributed by atoms with Gasteiger partial charge in [0.1, 0.15) is 5.75 Å². The third-order valence-corrected chi connectivity index (χ3v) is 3.91. The SMILES string of the molecule is COc1cccc(S(=O)Cc2cccc(OC)n2)c1. The van der Waals surface area contributed by atoms with E-state index in [1.165, 1.54) is 0 Å². The van der Waals surface area contributed by atoms with Crippen molar-refractivity contribution in [2.45, 2.75) is 10.6 Å². The van der Waals surface area contributed by atoms with Gasteiger partial charge >= 0.3 is 0 Å². The van der Waals surface area contributed by atoms with E-state index in [1.807, 2.05) is 30.3 Å². The molecule has 0 spiro atoms. The summed E-state index contributed by atoms with van der Waals surface area (Å²) < 4.78 is 22.4. The van der Waals surface area contributed by atoms with Crippen LogP contribution in [0.5, 0.6) is 11.6 Å². The summed E-state index contributed by atoms with van der Waals surface area (Å²) in [5, 5.41) is 0. The molecule has 0 radical (unpaired) electrons. The summed E-state index contributed by atoms with van der Waals surface area (Å²) in [6.07, 6.45) is 0. The Hall–Kier alpha value is -1.88. The van der Waals surface area contributed by atoms with Gasteiger partial charge in [0.05, 0.1) is 36.5 Å². The molecule has 0 bridgehead atoms. The van der Waals surface area contributed by atoms with Crippen LogP contribution in [0.4, 0.5) is 0 Å². The first-order valence-corrected chi connectivity index (χ1v) is 7.07. The van der Waals surface area contributed by atoms with E-state index in [9.17, 15) is 4.21 Å². The van der Waals surface area contributed by atoms with Crippen molar-refractivity contribution in [2.24, 2.45) is 0 Å². The molecule has 19 heavy (non-hydrogen) atoms. The van der Waals surface area contributed by atoms with E-state index in [-0.39, 0.29) is 0 Å². The van der Waals surface area contributed by atoms with Gasteiger partial charge in [-0.3, -0.25) is 4.21 Å². The fraction of sp³-hybridized carbons (Fsp3) is 0.214. The van der Waals surface area contributed by atoms with E-state index in [0.29, 0.717) is 17.4 Å². The molecule has 1 heterocycles. The minimum absolute atomic E-state index is 0.352. The van der Waals surface area contributed by atoms with Gasteiger partial charge in [0.2, 0.25) is 5.88 Å². The molecule has 0 aliphatic heterocycles. The van der Waals surface area contributed by atoms with Crippen LogP contribution in [0, 0.1) is 0 Å². The van der Waals surface area contributed by atoms with Gasteiger partial charge in [-0.15, -0.1) is 0 Å². The second-order valence-corrected chi connectivity index (χ2v) is 5.29. The molecule has 2 aromatic rings. The van der Waals surface area contributed by atoms with Crippen molar-refractivity contribution in [1.82, 2.24) is 4.98 Å². The van der Waals surface area contributed by atoms with E-state index in [1.54, 1.807) is 26.4 Å². The van der Waals surface area contributed by atoms with Crippen molar-refractivity contribution >= 4 is 10.8 Å². The maximum absolute atomic E-state index is 12.3. The lowest BCUT2D eigenvalue weighted by Crippen LogP contribution is -2.00. The van der Waals surface area contributed by atoms with Crippen LogP contribution in [-0.2, 0) is 16.6 Å². The number of ether oxygens (including phenoxy) is 2. The zero-order chi connectivity index (χ0) is 13.7. The van der Waals surface area contributed by atoms with E-state index in [4.69, 9.17) is 9.47 Å². The first kappa shape index (κ1) is 13.5. The third-order valence-electron chi connectivity index (χ3n) is 2.57. The first-order valence-electron chi connectivity index (χ1n) is 5.75. The number of methoxy groups -OCH3 is 2. The third kappa shape index (κ3) is 3.54. The summed E-state index contributed by atoms with van der Waals surface area (Å²) in [6, 6.07) is 12.7. The molecule has 4 nitrogen and oxygen atoms in total. The summed E-state index contributed by atoms with van der Waals surface area (Å²) >= 11 is 0. The topological polar surface area (TPSA) is 48.4 Å². The van der Waals surface area contributed by atoms with Crippen molar-refractivity contribution < 1.29 is 13.7 Å². The largest absolute Gasteiger partial charge is 0.497 e. The minimum atomic E-state index is -1.15. The Morgan fingerprint density at radius 2 is 1.89 bits per heavy atom. The Labute approximate surface area is 114 Å². The van der Waals surface area contributed by atoms with E-state index < -0.39 is 10.8 Å². The molecular weight excluding hydrogens is 262 g/mol. The fourth-order valence-corrected chi connectivity index (χ4v) is 2.69. The maximum atomic E-state index is 12.3. The van der Waals surface area contributed by atoms with Crippen LogP contribution in [0.1, 0.15) is 5.69 Å². The Balaban J connectivity index is 2.15. The summed E-state index contributed by atoms with van der Waals surface area (Å²) in [7, 11) is 2.00. The number of hydrogen-bond donors (Lipinski definition) is 0. The highest BCUT2D eigenvalue weighted by Crippen LogP contribution is 2.18. The maximum Gasteiger partial charge on any atom is 0.213 e. The van der Waals surface area contributed by atoms with Gasteiger partial charge in [0.25, 0.3) is 0 Å². The van der Waals surface area contributed by atoms with Crippen molar-refractivity contribution in [1.29, 1.82) is 0 Å². The van der Waals surface area contributed by atoms with Gasteiger partial charge < -0.3 is 9.47 Å². The monoisotopic (exact) mass is 277 g/mol. The average molecular weight is 277 g/mol. The molecule has 1 aromatic carbocycles. The van der Waals surface area contributed by atoms with Crippen LogP contribution < -0.4 is 9.47 Å². The Bertz CT molecular complexity index is 586. The predicted molar refractivity (Wildman–Crippen MR) is 73.9 cm³/mol. The zero-order valence-electron chi connectivity index (χ0n) is 10.8. The van der Waals surface area contributed by atoms with Crippen molar-refractivity contribution in [3.8, 4) is 11.6 Å². The van der Waals surface area contributed by atoms with Gasteiger partial charge in [-0.05, 0) is 24.3 Å². The predicted octanol–water partition coefficient (Wildman–Crippen LogP) is 2.41. The molecule has 0 fully saturated rings. The number of pyridine rings is 1. The number of nitrogens with zero attached hydrogens (tertiary/aromatic N) is 1. The number of hydrogen-bond acceptors (Lipinski definition) is 4. The van der Waals surface area contributed by atoms with Crippen molar-refractivity contribution in [3.63, 3.8) is 0 Å². The fourth-order valence-electron chi connectivity index (χ4n) is 1.61. The lowest BCUT2D eigenvalue weighted by Gasteiger charge is -2.05. The molecule has 1 aromatic heterocycles. The molecule has 1 atom stereocenters. The molecular formula is C14H15NO3S. The Morgan fingerprint density at radius 3 is 2.63 bits per heavy atom. The smallest absolute Gasteiger partial charge is 0.213 e. The molecule has 2 rings (SSSR count). The van der Waals surface area contributed by atoms with Crippen LogP contribution in [-0.4, -0.2) is 23.4 Å². The number of aromatic nitrogens is 1. The van der Waals surface area contributed by atoms with Gasteiger partial charge in [-0.2, -0.15) is 0 Å². The molecule has 0 amide bonds. The van der Waals surface area contributed by atoms with Gasteiger partial charge in [-0.1, -0.05) is 12.1 Å². The molecule has 5 heteroatoms. The molecule has 100 valence electrons. The van der Waals surface area contributed by atoms with Crippen LogP contribution in [0.2, 0.25) is 0 Å². The van der Waals surface area contributed by atoms with Crippen LogP contribution >= 0.6 is 0 Å². The average Bonchev–Trinajstić information content (AvgIpc) is 2.47. The Morgan fingerprint density at radius 1 is 1.11 bits per heavy atom. The lowest BCUT2D eigenvalue weighted by atomic mass is 10.3. The van der Waals surface area contributed by atoms with Gasteiger partial charge in [0, 0.05) is 11.0 Å². The first-order chi connectivity index (χ1) is 9.22. The molecule has 1 unspecified atom stereocenters.